The van der Waals surface area contributed by atoms with Gasteiger partial charge in [0.2, 0.25) is 5.91 Å². The Hall–Kier alpha value is -1.39. The maximum atomic E-state index is 11.6. The van der Waals surface area contributed by atoms with Gasteiger partial charge in [0.05, 0.1) is 6.10 Å². The number of ether oxygens (including phenoxy) is 1. The van der Waals surface area contributed by atoms with E-state index in [1.54, 1.807) is 0 Å². The van der Waals surface area contributed by atoms with E-state index in [1.807, 2.05) is 31.2 Å². The van der Waals surface area contributed by atoms with Gasteiger partial charge in [-0.25, -0.2) is 0 Å². The molecular weight excluding hydrogens is 216 g/mol. The highest BCUT2D eigenvalue weighted by molar-refractivity contribution is 5.91. The molecular formula is C13H18N2O2. The quantitative estimate of drug-likeness (QED) is 0.828. The van der Waals surface area contributed by atoms with Gasteiger partial charge >= 0.3 is 0 Å². The monoisotopic (exact) mass is 234 g/mol. The molecule has 1 aliphatic carbocycles. The molecule has 0 aromatic heterocycles. The molecule has 2 rings (SSSR count). The number of anilines is 1. The fraction of sp³-hybridized carbons (Fsp3) is 0.462. The molecule has 4 nitrogen and oxygen atoms in total. The van der Waals surface area contributed by atoms with Crippen LogP contribution in [0.4, 0.5) is 5.69 Å². The summed E-state index contributed by atoms with van der Waals surface area (Å²) in [5, 5.41) is 2.80. The molecule has 1 aliphatic rings. The maximum Gasteiger partial charge on any atom is 0.250 e. The SMILES string of the molecule is Cc1cccc(NC(=O)COC2CC(N)C2)c1. The summed E-state index contributed by atoms with van der Waals surface area (Å²) in [5.41, 5.74) is 7.56. The lowest BCUT2D eigenvalue weighted by Gasteiger charge is -2.31. The molecule has 1 fully saturated rings. The first-order chi connectivity index (χ1) is 8.13. The van der Waals surface area contributed by atoms with Crippen molar-refractivity contribution < 1.29 is 9.53 Å². The van der Waals surface area contributed by atoms with Crippen molar-refractivity contribution in [1.29, 1.82) is 0 Å². The van der Waals surface area contributed by atoms with Crippen LogP contribution in [0, 0.1) is 6.92 Å². The minimum absolute atomic E-state index is 0.103. The van der Waals surface area contributed by atoms with Crippen molar-refractivity contribution in [2.75, 3.05) is 11.9 Å². The summed E-state index contributed by atoms with van der Waals surface area (Å²) in [6, 6.07) is 7.94. The summed E-state index contributed by atoms with van der Waals surface area (Å²) in [7, 11) is 0. The molecule has 0 heterocycles. The summed E-state index contributed by atoms with van der Waals surface area (Å²) >= 11 is 0. The molecule has 92 valence electrons. The van der Waals surface area contributed by atoms with E-state index in [9.17, 15) is 4.79 Å². The topological polar surface area (TPSA) is 64.3 Å². The highest BCUT2D eigenvalue weighted by Crippen LogP contribution is 2.21. The smallest absolute Gasteiger partial charge is 0.250 e. The van der Waals surface area contributed by atoms with Crippen LogP contribution in [0.3, 0.4) is 0 Å². The van der Waals surface area contributed by atoms with Crippen LogP contribution in [0.5, 0.6) is 0 Å². The second-order valence-corrected chi connectivity index (χ2v) is 4.58. The van der Waals surface area contributed by atoms with Crippen LogP contribution in [0.1, 0.15) is 18.4 Å². The summed E-state index contributed by atoms with van der Waals surface area (Å²) in [4.78, 5) is 11.6. The van der Waals surface area contributed by atoms with E-state index in [1.165, 1.54) is 0 Å². The van der Waals surface area contributed by atoms with Crippen LogP contribution in [-0.4, -0.2) is 24.7 Å². The number of hydrogen-bond acceptors (Lipinski definition) is 3. The molecule has 1 amide bonds. The number of carbonyl (C=O) groups excluding carboxylic acids is 1. The van der Waals surface area contributed by atoms with Gasteiger partial charge in [0.25, 0.3) is 0 Å². The standard InChI is InChI=1S/C13H18N2O2/c1-9-3-2-4-11(5-9)15-13(16)8-17-12-6-10(14)7-12/h2-5,10,12H,6-8,14H2,1H3,(H,15,16). The van der Waals surface area contributed by atoms with Crippen molar-refractivity contribution in [1.82, 2.24) is 0 Å². The largest absolute Gasteiger partial charge is 0.368 e. The van der Waals surface area contributed by atoms with E-state index < -0.39 is 0 Å². The van der Waals surface area contributed by atoms with Gasteiger partial charge in [-0.2, -0.15) is 0 Å². The molecule has 1 aromatic rings. The number of nitrogens with two attached hydrogens (primary N) is 1. The van der Waals surface area contributed by atoms with Gasteiger partial charge in [0.15, 0.2) is 0 Å². The van der Waals surface area contributed by atoms with E-state index >= 15 is 0 Å². The molecule has 17 heavy (non-hydrogen) atoms. The van der Waals surface area contributed by atoms with Crippen LogP contribution in [0.15, 0.2) is 24.3 Å². The van der Waals surface area contributed by atoms with Crippen molar-refractivity contribution in [3.8, 4) is 0 Å². The Balaban J connectivity index is 1.73. The molecule has 0 unspecified atom stereocenters. The molecule has 0 spiro atoms. The van der Waals surface area contributed by atoms with Crippen molar-refractivity contribution in [3.63, 3.8) is 0 Å². The van der Waals surface area contributed by atoms with Gasteiger partial charge < -0.3 is 15.8 Å². The van der Waals surface area contributed by atoms with Gasteiger partial charge in [0, 0.05) is 11.7 Å². The third-order valence-electron chi connectivity index (χ3n) is 2.88. The molecule has 0 saturated heterocycles. The van der Waals surface area contributed by atoms with Gasteiger partial charge in [-0.05, 0) is 37.5 Å². The van der Waals surface area contributed by atoms with Crippen LogP contribution in [0.2, 0.25) is 0 Å². The first-order valence-electron chi connectivity index (χ1n) is 5.87. The molecule has 0 bridgehead atoms. The van der Waals surface area contributed by atoms with E-state index in [0.29, 0.717) is 0 Å². The molecule has 0 radical (unpaired) electrons. The predicted molar refractivity (Wildman–Crippen MR) is 66.8 cm³/mol. The van der Waals surface area contributed by atoms with E-state index in [-0.39, 0.29) is 24.7 Å². The van der Waals surface area contributed by atoms with E-state index in [0.717, 1.165) is 24.1 Å². The van der Waals surface area contributed by atoms with Gasteiger partial charge in [-0.1, -0.05) is 12.1 Å². The third kappa shape index (κ3) is 3.54. The molecule has 1 saturated carbocycles. The second kappa shape index (κ2) is 5.29. The maximum absolute atomic E-state index is 11.6. The summed E-state index contributed by atoms with van der Waals surface area (Å²) < 4.78 is 5.42. The van der Waals surface area contributed by atoms with Crippen LogP contribution in [-0.2, 0) is 9.53 Å². The molecule has 0 atom stereocenters. The Kier molecular flexibility index (Phi) is 3.76. The summed E-state index contributed by atoms with van der Waals surface area (Å²) in [5.74, 6) is -0.115. The number of hydrogen-bond donors (Lipinski definition) is 2. The zero-order chi connectivity index (χ0) is 12.3. The highest BCUT2D eigenvalue weighted by Gasteiger charge is 2.26. The Morgan fingerprint density at radius 2 is 2.29 bits per heavy atom. The molecule has 0 aliphatic heterocycles. The Bertz CT molecular complexity index is 400. The minimum Gasteiger partial charge on any atom is -0.368 e. The van der Waals surface area contributed by atoms with Crippen molar-refractivity contribution in [2.45, 2.75) is 31.9 Å². The number of rotatable bonds is 4. The Morgan fingerprint density at radius 3 is 2.94 bits per heavy atom. The Morgan fingerprint density at radius 1 is 1.53 bits per heavy atom. The number of aryl methyl sites for hydroxylation is 1. The normalized spacial score (nSPS) is 22.9. The van der Waals surface area contributed by atoms with Crippen molar-refractivity contribution in [3.05, 3.63) is 29.8 Å². The van der Waals surface area contributed by atoms with E-state index in [2.05, 4.69) is 5.32 Å². The number of nitrogens with one attached hydrogen (secondary N) is 1. The summed E-state index contributed by atoms with van der Waals surface area (Å²) in [6.07, 6.45) is 1.88. The lowest BCUT2D eigenvalue weighted by molar-refractivity contribution is -0.124. The predicted octanol–water partition coefficient (Wildman–Crippen LogP) is 1.44. The number of carbonyl (C=O) groups is 1. The van der Waals surface area contributed by atoms with Gasteiger partial charge in [-0.3, -0.25) is 4.79 Å². The van der Waals surface area contributed by atoms with Crippen LogP contribution in [0.25, 0.3) is 0 Å². The number of amides is 1. The fourth-order valence-electron chi connectivity index (χ4n) is 1.86. The van der Waals surface area contributed by atoms with Crippen molar-refractivity contribution in [2.24, 2.45) is 5.73 Å². The number of benzene rings is 1. The third-order valence-corrected chi connectivity index (χ3v) is 2.88. The zero-order valence-corrected chi connectivity index (χ0v) is 9.98. The average molecular weight is 234 g/mol. The van der Waals surface area contributed by atoms with E-state index in [4.69, 9.17) is 10.5 Å². The summed E-state index contributed by atoms with van der Waals surface area (Å²) in [6.45, 7) is 2.09. The first kappa shape index (κ1) is 12.1. The lowest BCUT2D eigenvalue weighted by Crippen LogP contribution is -2.42. The molecule has 4 heteroatoms. The lowest BCUT2D eigenvalue weighted by atomic mass is 9.90. The van der Waals surface area contributed by atoms with Gasteiger partial charge in [0.1, 0.15) is 6.61 Å². The first-order valence-corrected chi connectivity index (χ1v) is 5.87. The molecule has 1 aromatic carbocycles. The Labute approximate surface area is 101 Å². The van der Waals surface area contributed by atoms with Crippen molar-refractivity contribution >= 4 is 11.6 Å². The fourth-order valence-corrected chi connectivity index (χ4v) is 1.86. The van der Waals surface area contributed by atoms with Crippen LogP contribution >= 0.6 is 0 Å². The highest BCUT2D eigenvalue weighted by atomic mass is 16.5. The van der Waals surface area contributed by atoms with Gasteiger partial charge in [-0.15, -0.1) is 0 Å². The minimum atomic E-state index is -0.115. The zero-order valence-electron chi connectivity index (χ0n) is 9.98. The van der Waals surface area contributed by atoms with Crippen LogP contribution < -0.4 is 11.1 Å². The second-order valence-electron chi connectivity index (χ2n) is 4.58. The average Bonchev–Trinajstić information content (AvgIpc) is 2.23. The molecule has 3 N–H and O–H groups in total.